The lowest BCUT2D eigenvalue weighted by Crippen LogP contribution is -2.29. The van der Waals surface area contributed by atoms with E-state index in [4.69, 9.17) is 9.47 Å². The highest BCUT2D eigenvalue weighted by molar-refractivity contribution is 5.21. The number of allylic oxidation sites excluding steroid dienone is 3. The van der Waals surface area contributed by atoms with E-state index in [1.54, 1.807) is 12.5 Å². The summed E-state index contributed by atoms with van der Waals surface area (Å²) in [5.74, 6) is 0.834. The van der Waals surface area contributed by atoms with Crippen LogP contribution in [-0.2, 0) is 9.47 Å². The van der Waals surface area contributed by atoms with E-state index < -0.39 is 0 Å². The molecule has 1 atom stereocenters. The smallest absolute Gasteiger partial charge is 0.155 e. The Labute approximate surface area is 96.1 Å². The predicted octanol–water partition coefficient (Wildman–Crippen LogP) is 2.60. The second-order valence-electron chi connectivity index (χ2n) is 3.88. The minimum atomic E-state index is 0.183. The topological polar surface area (TPSA) is 30.5 Å². The van der Waals surface area contributed by atoms with E-state index in [1.807, 2.05) is 7.05 Å². The van der Waals surface area contributed by atoms with Crippen LogP contribution >= 0.6 is 0 Å². The lowest BCUT2D eigenvalue weighted by Gasteiger charge is -2.21. The number of hydrogen-bond donors (Lipinski definition) is 1. The zero-order chi connectivity index (χ0) is 11.2. The highest BCUT2D eigenvalue weighted by Gasteiger charge is 2.17. The van der Waals surface area contributed by atoms with Gasteiger partial charge >= 0.3 is 0 Å². The van der Waals surface area contributed by atoms with Gasteiger partial charge in [0.25, 0.3) is 0 Å². The lowest BCUT2D eigenvalue weighted by atomic mass is 9.97. The second kappa shape index (κ2) is 5.56. The highest BCUT2D eigenvalue weighted by Crippen LogP contribution is 2.21. The van der Waals surface area contributed by atoms with E-state index in [9.17, 15) is 0 Å². The molecule has 0 radical (unpaired) electrons. The van der Waals surface area contributed by atoms with Crippen LogP contribution in [0.4, 0.5) is 0 Å². The van der Waals surface area contributed by atoms with Crippen molar-refractivity contribution in [1.82, 2.24) is 5.32 Å². The van der Waals surface area contributed by atoms with Crippen molar-refractivity contribution in [2.45, 2.75) is 25.3 Å². The number of hydrogen-bond acceptors (Lipinski definition) is 3. The summed E-state index contributed by atoms with van der Waals surface area (Å²) in [7, 11) is 1.94. The van der Waals surface area contributed by atoms with Gasteiger partial charge < -0.3 is 14.8 Å². The molecule has 0 fully saturated rings. The van der Waals surface area contributed by atoms with Gasteiger partial charge in [-0.2, -0.15) is 0 Å². The SMILES string of the molecule is CNC(CC1=CC=CCC1)C1=COC=CO1. The third-order valence-corrected chi connectivity index (χ3v) is 2.78. The van der Waals surface area contributed by atoms with E-state index in [1.165, 1.54) is 11.8 Å². The summed E-state index contributed by atoms with van der Waals surface area (Å²) in [5.41, 5.74) is 1.45. The normalized spacial score (nSPS) is 20.6. The van der Waals surface area contributed by atoms with Gasteiger partial charge in [0.1, 0.15) is 18.8 Å². The van der Waals surface area contributed by atoms with Crippen LogP contribution in [0, 0.1) is 0 Å². The minimum absolute atomic E-state index is 0.183. The molecule has 3 nitrogen and oxygen atoms in total. The van der Waals surface area contributed by atoms with E-state index in [2.05, 4.69) is 23.5 Å². The van der Waals surface area contributed by atoms with Crippen molar-refractivity contribution < 1.29 is 9.47 Å². The third kappa shape index (κ3) is 2.76. The second-order valence-corrected chi connectivity index (χ2v) is 3.88. The van der Waals surface area contributed by atoms with E-state index >= 15 is 0 Å². The third-order valence-electron chi connectivity index (χ3n) is 2.78. The maximum absolute atomic E-state index is 5.42. The molecule has 16 heavy (non-hydrogen) atoms. The molecule has 1 aliphatic heterocycles. The molecule has 1 N–H and O–H groups in total. The van der Waals surface area contributed by atoms with E-state index in [-0.39, 0.29) is 6.04 Å². The van der Waals surface area contributed by atoms with E-state index in [0.717, 1.165) is 25.0 Å². The molecular formula is C13H17NO2. The molecule has 0 spiro atoms. The summed E-state index contributed by atoms with van der Waals surface area (Å²) in [6, 6.07) is 0.183. The number of nitrogens with one attached hydrogen (secondary N) is 1. The molecule has 0 aromatic heterocycles. The fourth-order valence-electron chi connectivity index (χ4n) is 1.87. The first-order chi connectivity index (χ1) is 7.90. The summed E-state index contributed by atoms with van der Waals surface area (Å²) < 4.78 is 10.5. The minimum Gasteiger partial charge on any atom is -0.466 e. The zero-order valence-corrected chi connectivity index (χ0v) is 9.48. The summed E-state index contributed by atoms with van der Waals surface area (Å²) in [6.07, 6.45) is 14.5. The fraction of sp³-hybridized carbons (Fsp3) is 0.385. The van der Waals surface area contributed by atoms with Gasteiger partial charge in [-0.05, 0) is 26.3 Å². The maximum Gasteiger partial charge on any atom is 0.155 e. The van der Waals surface area contributed by atoms with Gasteiger partial charge in [0.2, 0.25) is 0 Å². The number of ether oxygens (including phenoxy) is 2. The standard InChI is InChI=1S/C13H17NO2/c1-14-12(13-10-15-7-8-16-13)9-11-5-3-2-4-6-11/h2-3,5,7-8,10,12,14H,4,6,9H2,1H3. The molecule has 1 aliphatic carbocycles. The molecule has 86 valence electrons. The Morgan fingerprint density at radius 2 is 2.38 bits per heavy atom. The van der Waals surface area contributed by atoms with Gasteiger partial charge in [0, 0.05) is 0 Å². The number of likely N-dealkylation sites (N-methyl/N-ethyl adjacent to an activating group) is 1. The van der Waals surface area contributed by atoms with Crippen LogP contribution in [0.25, 0.3) is 0 Å². The van der Waals surface area contributed by atoms with Gasteiger partial charge in [-0.25, -0.2) is 0 Å². The Hall–Kier alpha value is -1.48. The van der Waals surface area contributed by atoms with Crippen LogP contribution in [-0.4, -0.2) is 13.1 Å². The average Bonchev–Trinajstić information content (AvgIpc) is 2.38. The van der Waals surface area contributed by atoms with Crippen molar-refractivity contribution in [1.29, 1.82) is 0 Å². The Balaban J connectivity index is 1.97. The molecule has 0 aromatic carbocycles. The van der Waals surface area contributed by atoms with Crippen molar-refractivity contribution in [3.05, 3.63) is 48.3 Å². The first kappa shape index (κ1) is 11.0. The highest BCUT2D eigenvalue weighted by atomic mass is 16.5. The molecule has 0 bridgehead atoms. The molecule has 0 saturated carbocycles. The number of rotatable bonds is 4. The Kier molecular flexibility index (Phi) is 3.83. The van der Waals surface area contributed by atoms with Gasteiger partial charge in [0.15, 0.2) is 5.76 Å². The zero-order valence-electron chi connectivity index (χ0n) is 9.48. The molecule has 1 heterocycles. The maximum atomic E-state index is 5.42. The lowest BCUT2D eigenvalue weighted by molar-refractivity contribution is 0.228. The van der Waals surface area contributed by atoms with Crippen LogP contribution in [0.2, 0.25) is 0 Å². The van der Waals surface area contributed by atoms with Gasteiger partial charge in [-0.1, -0.05) is 23.8 Å². The molecule has 0 aromatic rings. The van der Waals surface area contributed by atoms with Crippen LogP contribution in [0.15, 0.2) is 48.3 Å². The van der Waals surface area contributed by atoms with Gasteiger partial charge in [-0.15, -0.1) is 0 Å². The van der Waals surface area contributed by atoms with Crippen molar-refractivity contribution in [3.63, 3.8) is 0 Å². The summed E-state index contributed by atoms with van der Waals surface area (Å²) in [5, 5.41) is 3.25. The monoisotopic (exact) mass is 219 g/mol. The molecule has 2 aliphatic rings. The summed E-state index contributed by atoms with van der Waals surface area (Å²) in [4.78, 5) is 0. The summed E-state index contributed by atoms with van der Waals surface area (Å²) in [6.45, 7) is 0. The molecule has 0 amide bonds. The molecule has 3 heteroatoms. The van der Waals surface area contributed by atoms with Crippen LogP contribution < -0.4 is 5.32 Å². The first-order valence-electron chi connectivity index (χ1n) is 5.59. The van der Waals surface area contributed by atoms with Crippen molar-refractivity contribution >= 4 is 0 Å². The Morgan fingerprint density at radius 3 is 3.00 bits per heavy atom. The van der Waals surface area contributed by atoms with E-state index in [0.29, 0.717) is 0 Å². The van der Waals surface area contributed by atoms with Crippen LogP contribution in [0.5, 0.6) is 0 Å². The Bertz CT molecular complexity index is 353. The van der Waals surface area contributed by atoms with Gasteiger partial charge in [0.05, 0.1) is 6.04 Å². The summed E-state index contributed by atoms with van der Waals surface area (Å²) >= 11 is 0. The fourth-order valence-corrected chi connectivity index (χ4v) is 1.87. The molecular weight excluding hydrogens is 202 g/mol. The first-order valence-corrected chi connectivity index (χ1v) is 5.59. The average molecular weight is 219 g/mol. The molecule has 1 unspecified atom stereocenters. The quantitative estimate of drug-likeness (QED) is 0.788. The molecule has 0 saturated heterocycles. The Morgan fingerprint density at radius 1 is 1.44 bits per heavy atom. The van der Waals surface area contributed by atoms with Crippen molar-refractivity contribution in [2.75, 3.05) is 7.05 Å². The van der Waals surface area contributed by atoms with Crippen molar-refractivity contribution in [2.24, 2.45) is 0 Å². The van der Waals surface area contributed by atoms with Crippen molar-refractivity contribution in [3.8, 4) is 0 Å². The van der Waals surface area contributed by atoms with Crippen LogP contribution in [0.1, 0.15) is 19.3 Å². The van der Waals surface area contributed by atoms with Crippen LogP contribution in [0.3, 0.4) is 0 Å². The predicted molar refractivity (Wildman–Crippen MR) is 63.3 cm³/mol. The van der Waals surface area contributed by atoms with Gasteiger partial charge in [-0.3, -0.25) is 0 Å². The molecule has 2 rings (SSSR count). The largest absolute Gasteiger partial charge is 0.466 e.